The van der Waals surface area contributed by atoms with Crippen LogP contribution in [0.4, 0.5) is 0 Å². The minimum Gasteiger partial charge on any atom is -0.438 e. The number of nitrogens with zero attached hydrogens (tertiary/aromatic N) is 2. The lowest BCUT2D eigenvalue weighted by molar-refractivity contribution is 0.0225. The van der Waals surface area contributed by atoms with Crippen molar-refractivity contribution in [2.45, 2.75) is 31.9 Å². The summed E-state index contributed by atoms with van der Waals surface area (Å²) in [5.74, 6) is 0.0972. The molecular weight excluding hydrogens is 270 g/mol. The van der Waals surface area contributed by atoms with E-state index in [4.69, 9.17) is 4.42 Å². The van der Waals surface area contributed by atoms with Crippen molar-refractivity contribution in [2.75, 3.05) is 0 Å². The highest BCUT2D eigenvalue weighted by atomic mass is 16.3. The number of hydrogen-bond donors (Lipinski definition) is 2. The molecule has 6 nitrogen and oxygen atoms in total. The summed E-state index contributed by atoms with van der Waals surface area (Å²) in [5, 5.41) is 12.5. The Bertz CT molecular complexity index is 620. The van der Waals surface area contributed by atoms with E-state index in [1.54, 1.807) is 13.1 Å². The van der Waals surface area contributed by atoms with Crippen LogP contribution in [-0.2, 0) is 0 Å². The number of rotatable bonds is 4. The fourth-order valence-electron chi connectivity index (χ4n) is 2.62. The fraction of sp³-hybridized carbons (Fsp3) is 0.400. The Kier molecular flexibility index (Phi) is 3.70. The summed E-state index contributed by atoms with van der Waals surface area (Å²) in [6.07, 6.45) is 4.00. The normalized spacial score (nSPS) is 22.4. The number of hydrogen-bond acceptors (Lipinski definition) is 5. The van der Waals surface area contributed by atoms with Gasteiger partial charge in [-0.25, -0.2) is 4.98 Å². The Labute approximate surface area is 122 Å². The van der Waals surface area contributed by atoms with Crippen molar-refractivity contribution >= 4 is 5.91 Å². The molecule has 0 bridgehead atoms. The molecule has 6 heteroatoms. The van der Waals surface area contributed by atoms with Crippen LogP contribution in [0.1, 0.15) is 40.8 Å². The van der Waals surface area contributed by atoms with Gasteiger partial charge < -0.3 is 14.8 Å². The molecule has 2 aromatic rings. The first-order valence-electron chi connectivity index (χ1n) is 6.95. The van der Waals surface area contributed by atoms with E-state index in [1.807, 2.05) is 18.2 Å². The number of carbonyl (C=O) groups is 1. The maximum Gasteiger partial charge on any atom is 0.289 e. The summed E-state index contributed by atoms with van der Waals surface area (Å²) in [6, 6.07) is 5.37. The second-order valence-corrected chi connectivity index (χ2v) is 5.36. The molecule has 0 aliphatic heterocycles. The first kappa shape index (κ1) is 13.8. The Hall–Kier alpha value is -2.21. The van der Waals surface area contributed by atoms with Crippen LogP contribution in [0.3, 0.4) is 0 Å². The first-order chi connectivity index (χ1) is 10.1. The minimum absolute atomic E-state index is 0.182. The number of pyridine rings is 1. The van der Waals surface area contributed by atoms with Gasteiger partial charge in [0, 0.05) is 6.20 Å². The van der Waals surface area contributed by atoms with Crippen molar-refractivity contribution in [1.82, 2.24) is 15.3 Å². The second kappa shape index (κ2) is 5.65. The molecule has 1 aliphatic rings. The van der Waals surface area contributed by atoms with Crippen LogP contribution in [0.5, 0.6) is 0 Å². The summed E-state index contributed by atoms with van der Waals surface area (Å²) < 4.78 is 5.12. The van der Waals surface area contributed by atoms with Gasteiger partial charge in [0.15, 0.2) is 6.39 Å². The molecule has 1 fully saturated rings. The van der Waals surface area contributed by atoms with Gasteiger partial charge in [0.1, 0.15) is 0 Å². The Morgan fingerprint density at radius 1 is 1.43 bits per heavy atom. The first-order valence-corrected chi connectivity index (χ1v) is 6.95. The highest BCUT2D eigenvalue weighted by Crippen LogP contribution is 2.37. The number of aliphatic hydroxyl groups is 1. The molecule has 0 spiro atoms. The Morgan fingerprint density at radius 2 is 2.24 bits per heavy atom. The van der Waals surface area contributed by atoms with Gasteiger partial charge in [0.05, 0.1) is 23.5 Å². The lowest BCUT2D eigenvalue weighted by Gasteiger charge is -2.37. The van der Waals surface area contributed by atoms with E-state index in [0.717, 1.165) is 5.69 Å². The molecule has 2 aromatic heterocycles. The maximum absolute atomic E-state index is 12.3. The Morgan fingerprint density at radius 3 is 2.81 bits per heavy atom. The van der Waals surface area contributed by atoms with Crippen molar-refractivity contribution in [2.24, 2.45) is 5.92 Å². The van der Waals surface area contributed by atoms with Crippen LogP contribution in [0.25, 0.3) is 0 Å². The molecule has 0 aromatic carbocycles. The topological polar surface area (TPSA) is 88.3 Å². The Balaban J connectivity index is 1.80. The summed E-state index contributed by atoms with van der Waals surface area (Å²) in [6.45, 7) is 1.72. The van der Waals surface area contributed by atoms with Gasteiger partial charge in [-0.3, -0.25) is 9.78 Å². The SMILES string of the molecule is Cc1ncoc1C(=O)NC(c1ccccn1)C1CC(O)C1. The zero-order valence-electron chi connectivity index (χ0n) is 11.7. The minimum atomic E-state index is -0.304. The van der Waals surface area contributed by atoms with Crippen molar-refractivity contribution in [3.8, 4) is 0 Å². The molecule has 2 N–H and O–H groups in total. The summed E-state index contributed by atoms with van der Waals surface area (Å²) >= 11 is 0. The lowest BCUT2D eigenvalue weighted by Crippen LogP contribution is -2.41. The van der Waals surface area contributed by atoms with Gasteiger partial charge in [-0.1, -0.05) is 6.07 Å². The number of aryl methyl sites for hydroxylation is 1. The average molecular weight is 287 g/mol. The van der Waals surface area contributed by atoms with Crippen LogP contribution in [0.15, 0.2) is 35.2 Å². The summed E-state index contributed by atoms with van der Waals surface area (Å²) in [4.78, 5) is 20.5. The van der Waals surface area contributed by atoms with E-state index < -0.39 is 0 Å². The molecule has 1 saturated carbocycles. The fourth-order valence-corrected chi connectivity index (χ4v) is 2.62. The molecule has 0 radical (unpaired) electrons. The highest BCUT2D eigenvalue weighted by Gasteiger charge is 2.36. The van der Waals surface area contributed by atoms with Gasteiger partial charge in [0.25, 0.3) is 5.91 Å². The monoisotopic (exact) mass is 287 g/mol. The number of amides is 1. The van der Waals surface area contributed by atoms with Crippen LogP contribution >= 0.6 is 0 Å². The number of aliphatic hydroxyl groups excluding tert-OH is 1. The van der Waals surface area contributed by atoms with Crippen LogP contribution < -0.4 is 5.32 Å². The maximum atomic E-state index is 12.3. The number of oxazole rings is 1. The molecule has 1 atom stereocenters. The molecule has 0 saturated heterocycles. The average Bonchev–Trinajstić information content (AvgIpc) is 2.89. The highest BCUT2D eigenvalue weighted by molar-refractivity contribution is 5.92. The zero-order valence-corrected chi connectivity index (χ0v) is 11.7. The molecular formula is C15H17N3O3. The van der Waals surface area contributed by atoms with Gasteiger partial charge >= 0.3 is 0 Å². The number of carbonyl (C=O) groups excluding carboxylic acids is 1. The van der Waals surface area contributed by atoms with Gasteiger partial charge in [-0.05, 0) is 37.8 Å². The predicted octanol–water partition coefficient (Wildman–Crippen LogP) is 1.62. The molecule has 2 heterocycles. The third-order valence-corrected chi connectivity index (χ3v) is 3.87. The molecule has 3 rings (SSSR count). The second-order valence-electron chi connectivity index (χ2n) is 5.36. The van der Waals surface area contributed by atoms with Crippen molar-refractivity contribution in [3.05, 3.63) is 47.9 Å². The molecule has 1 unspecified atom stereocenters. The van der Waals surface area contributed by atoms with Crippen molar-refractivity contribution in [1.29, 1.82) is 0 Å². The summed E-state index contributed by atoms with van der Waals surface area (Å²) in [7, 11) is 0. The van der Waals surface area contributed by atoms with Gasteiger partial charge in [-0.15, -0.1) is 0 Å². The molecule has 110 valence electrons. The number of nitrogens with one attached hydrogen (secondary N) is 1. The third-order valence-electron chi connectivity index (χ3n) is 3.87. The summed E-state index contributed by atoms with van der Waals surface area (Å²) in [5.41, 5.74) is 1.35. The van der Waals surface area contributed by atoms with Crippen molar-refractivity contribution in [3.63, 3.8) is 0 Å². The largest absolute Gasteiger partial charge is 0.438 e. The van der Waals surface area contributed by atoms with E-state index in [2.05, 4.69) is 15.3 Å². The van der Waals surface area contributed by atoms with E-state index in [9.17, 15) is 9.90 Å². The van der Waals surface area contributed by atoms with Gasteiger partial charge in [0.2, 0.25) is 5.76 Å². The van der Waals surface area contributed by atoms with Crippen LogP contribution in [0, 0.1) is 12.8 Å². The van der Waals surface area contributed by atoms with E-state index in [-0.39, 0.29) is 29.7 Å². The predicted molar refractivity (Wildman–Crippen MR) is 74.4 cm³/mol. The van der Waals surface area contributed by atoms with Crippen molar-refractivity contribution < 1.29 is 14.3 Å². The standard InChI is InChI=1S/C15H17N3O3/c1-9-14(21-8-17-9)15(20)18-13(10-6-11(19)7-10)12-4-2-3-5-16-12/h2-5,8,10-11,13,19H,6-7H2,1H3,(H,18,20). The number of aromatic nitrogens is 2. The lowest BCUT2D eigenvalue weighted by atomic mass is 9.76. The van der Waals surface area contributed by atoms with E-state index >= 15 is 0 Å². The van der Waals surface area contributed by atoms with Crippen LogP contribution in [-0.4, -0.2) is 27.1 Å². The van der Waals surface area contributed by atoms with Gasteiger partial charge in [-0.2, -0.15) is 0 Å². The molecule has 1 amide bonds. The zero-order chi connectivity index (χ0) is 14.8. The third kappa shape index (κ3) is 2.80. The van der Waals surface area contributed by atoms with E-state index in [1.165, 1.54) is 6.39 Å². The molecule has 1 aliphatic carbocycles. The smallest absolute Gasteiger partial charge is 0.289 e. The van der Waals surface area contributed by atoms with E-state index in [0.29, 0.717) is 18.5 Å². The quantitative estimate of drug-likeness (QED) is 0.892. The molecule has 21 heavy (non-hydrogen) atoms. The van der Waals surface area contributed by atoms with Crippen LogP contribution in [0.2, 0.25) is 0 Å².